The van der Waals surface area contributed by atoms with Crippen molar-refractivity contribution in [3.05, 3.63) is 70.9 Å². The van der Waals surface area contributed by atoms with Crippen LogP contribution in [0.3, 0.4) is 0 Å². The lowest BCUT2D eigenvalue weighted by Crippen LogP contribution is -2.37. The second-order valence-electron chi connectivity index (χ2n) is 7.59. The number of fused-ring (bicyclic) bond motifs is 1. The van der Waals surface area contributed by atoms with Gasteiger partial charge in [-0.25, -0.2) is 8.42 Å². The molecule has 0 spiro atoms. The first-order valence-corrected chi connectivity index (χ1v) is 12.2. The molecule has 0 aliphatic heterocycles. The number of H-pyrrole nitrogens is 1. The largest absolute Gasteiger partial charge is 0.465 e. The van der Waals surface area contributed by atoms with Gasteiger partial charge >= 0.3 is 5.97 Å². The Balaban J connectivity index is 1.80. The molecule has 0 aliphatic carbocycles. The average Bonchev–Trinajstić information content (AvgIpc) is 3.15. The predicted molar refractivity (Wildman–Crippen MR) is 123 cm³/mol. The number of carbonyl (C=O) groups is 1. The summed E-state index contributed by atoms with van der Waals surface area (Å²) < 4.78 is 31.5. The third kappa shape index (κ3) is 5.96. The van der Waals surface area contributed by atoms with Crippen LogP contribution in [-0.4, -0.2) is 42.6 Å². The summed E-state index contributed by atoms with van der Waals surface area (Å²) in [5, 5.41) is 9.90. The lowest BCUT2D eigenvalue weighted by atomic mass is 10.1. The number of nitrogens with zero attached hydrogens (tertiary/aromatic N) is 2. The molecule has 1 heterocycles. The van der Waals surface area contributed by atoms with Crippen LogP contribution in [-0.2, 0) is 32.5 Å². The summed E-state index contributed by atoms with van der Waals surface area (Å²) in [5.41, 5.74) is 4.47. The smallest absolute Gasteiger partial charge is 0.321 e. The van der Waals surface area contributed by atoms with Gasteiger partial charge in [-0.2, -0.15) is 9.57 Å². The Morgan fingerprint density at radius 1 is 1.09 bits per heavy atom. The SMILES string of the molecule is CCCS(=O)(=O)N(CC(=O)OCC)Cc1ccc2[nH]c(Cc3ccc(C#N)cc3)cc2c1. The maximum Gasteiger partial charge on any atom is 0.321 e. The zero-order valence-corrected chi connectivity index (χ0v) is 19.1. The molecule has 168 valence electrons. The molecule has 2 aromatic carbocycles. The average molecular weight is 454 g/mol. The summed E-state index contributed by atoms with van der Waals surface area (Å²) in [6.07, 6.45) is 1.16. The number of hydrogen-bond acceptors (Lipinski definition) is 5. The molecule has 7 nitrogen and oxygen atoms in total. The molecule has 1 aromatic heterocycles. The Kier molecular flexibility index (Phi) is 7.67. The number of benzene rings is 2. The van der Waals surface area contributed by atoms with Crippen LogP contribution in [0, 0.1) is 11.3 Å². The highest BCUT2D eigenvalue weighted by molar-refractivity contribution is 7.89. The Hall–Kier alpha value is -3.15. The Labute approximate surface area is 188 Å². The molecule has 0 aliphatic rings. The Morgan fingerprint density at radius 3 is 2.47 bits per heavy atom. The third-order valence-corrected chi connectivity index (χ3v) is 7.01. The minimum absolute atomic E-state index is 0.0203. The van der Waals surface area contributed by atoms with Crippen LogP contribution in [0.25, 0.3) is 10.9 Å². The molecule has 32 heavy (non-hydrogen) atoms. The van der Waals surface area contributed by atoms with Crippen molar-refractivity contribution in [2.75, 3.05) is 18.9 Å². The van der Waals surface area contributed by atoms with Gasteiger partial charge in [-0.15, -0.1) is 0 Å². The molecule has 0 saturated carbocycles. The normalized spacial score (nSPS) is 11.6. The predicted octanol–water partition coefficient (Wildman–Crippen LogP) is 3.74. The van der Waals surface area contributed by atoms with Crippen LogP contribution in [0.5, 0.6) is 0 Å². The van der Waals surface area contributed by atoms with E-state index in [0.717, 1.165) is 27.7 Å². The molecule has 0 bridgehead atoms. The molecule has 0 unspecified atom stereocenters. The van der Waals surface area contributed by atoms with Gasteiger partial charge in [0.1, 0.15) is 6.54 Å². The van der Waals surface area contributed by atoms with Gasteiger partial charge in [-0.1, -0.05) is 25.1 Å². The highest BCUT2D eigenvalue weighted by Gasteiger charge is 2.24. The Bertz CT molecular complexity index is 1220. The lowest BCUT2D eigenvalue weighted by molar-refractivity contribution is -0.143. The van der Waals surface area contributed by atoms with Crippen molar-refractivity contribution < 1.29 is 17.9 Å². The fourth-order valence-electron chi connectivity index (χ4n) is 3.55. The summed E-state index contributed by atoms with van der Waals surface area (Å²) in [4.78, 5) is 15.4. The maximum absolute atomic E-state index is 12.7. The zero-order valence-electron chi connectivity index (χ0n) is 18.3. The summed E-state index contributed by atoms with van der Waals surface area (Å²) >= 11 is 0. The van der Waals surface area contributed by atoms with Crippen LogP contribution in [0.1, 0.15) is 42.7 Å². The van der Waals surface area contributed by atoms with Gasteiger partial charge in [0.25, 0.3) is 0 Å². The van der Waals surface area contributed by atoms with E-state index in [9.17, 15) is 13.2 Å². The zero-order chi connectivity index (χ0) is 23.1. The molecule has 3 aromatic rings. The van der Waals surface area contributed by atoms with Gasteiger partial charge in [-0.05, 0) is 60.2 Å². The first-order chi connectivity index (χ1) is 15.3. The van der Waals surface area contributed by atoms with Crippen molar-refractivity contribution in [1.29, 1.82) is 5.26 Å². The summed E-state index contributed by atoms with van der Waals surface area (Å²) in [6, 6.07) is 17.3. The summed E-state index contributed by atoms with van der Waals surface area (Å²) in [6.45, 7) is 3.50. The van der Waals surface area contributed by atoms with Crippen molar-refractivity contribution in [3.63, 3.8) is 0 Å². The summed E-state index contributed by atoms with van der Waals surface area (Å²) in [7, 11) is -3.58. The fraction of sp³-hybridized carbons (Fsp3) is 0.333. The number of esters is 1. The van der Waals surface area contributed by atoms with Crippen LogP contribution < -0.4 is 0 Å². The van der Waals surface area contributed by atoms with Crippen molar-refractivity contribution in [2.45, 2.75) is 33.2 Å². The molecule has 1 N–H and O–H groups in total. The summed E-state index contributed by atoms with van der Waals surface area (Å²) in [5.74, 6) is -0.576. The third-order valence-electron chi connectivity index (χ3n) is 5.04. The number of nitriles is 1. The van der Waals surface area contributed by atoms with Gasteiger partial charge < -0.3 is 9.72 Å². The van der Waals surface area contributed by atoms with Crippen molar-refractivity contribution in [2.24, 2.45) is 0 Å². The maximum atomic E-state index is 12.7. The Morgan fingerprint density at radius 2 is 1.81 bits per heavy atom. The number of aromatic amines is 1. The van der Waals surface area contributed by atoms with Crippen LogP contribution in [0.4, 0.5) is 0 Å². The number of aromatic nitrogens is 1. The number of carbonyl (C=O) groups excluding carboxylic acids is 1. The van der Waals surface area contributed by atoms with Gasteiger partial charge in [0, 0.05) is 24.2 Å². The van der Waals surface area contributed by atoms with E-state index in [4.69, 9.17) is 10.00 Å². The first kappa shape index (κ1) is 23.5. The van der Waals surface area contributed by atoms with Crippen LogP contribution in [0.15, 0.2) is 48.5 Å². The second-order valence-corrected chi connectivity index (χ2v) is 9.68. The quantitative estimate of drug-likeness (QED) is 0.471. The molecule has 3 rings (SSSR count). The molecule has 0 atom stereocenters. The van der Waals surface area contributed by atoms with E-state index in [1.165, 1.54) is 4.31 Å². The lowest BCUT2D eigenvalue weighted by Gasteiger charge is -2.21. The fourth-order valence-corrected chi connectivity index (χ4v) is 4.97. The van der Waals surface area contributed by atoms with E-state index in [1.54, 1.807) is 26.0 Å². The minimum atomic E-state index is -3.58. The van der Waals surface area contributed by atoms with Crippen LogP contribution in [0.2, 0.25) is 0 Å². The standard InChI is InChI=1S/C24H27N3O4S/c1-3-11-32(29,30)27(17-24(28)31-4-2)16-20-9-10-23-21(12-20)14-22(26-23)13-18-5-7-19(15-25)8-6-18/h5-10,12,14,26H,3-4,11,13,16-17H2,1-2H3. The molecule has 0 fully saturated rings. The molecule has 0 saturated heterocycles. The number of rotatable bonds is 10. The van der Waals surface area contributed by atoms with Gasteiger partial charge in [-0.3, -0.25) is 4.79 Å². The van der Waals surface area contributed by atoms with E-state index < -0.39 is 16.0 Å². The second kappa shape index (κ2) is 10.4. The van der Waals surface area contributed by atoms with Gasteiger partial charge in [0.15, 0.2) is 0 Å². The van der Waals surface area contributed by atoms with Crippen molar-refractivity contribution in [3.8, 4) is 6.07 Å². The minimum Gasteiger partial charge on any atom is -0.465 e. The van der Waals surface area contributed by atoms with Crippen LogP contribution >= 0.6 is 0 Å². The van der Waals surface area contributed by atoms with E-state index in [2.05, 4.69) is 11.1 Å². The number of nitrogens with one attached hydrogen (secondary N) is 1. The van der Waals surface area contributed by atoms with Gasteiger partial charge in [0.2, 0.25) is 10.0 Å². The monoisotopic (exact) mass is 453 g/mol. The number of hydrogen-bond donors (Lipinski definition) is 1. The van der Waals surface area contributed by atoms with Crippen molar-refractivity contribution in [1.82, 2.24) is 9.29 Å². The number of sulfonamides is 1. The van der Waals surface area contributed by atoms with E-state index in [1.807, 2.05) is 36.4 Å². The van der Waals surface area contributed by atoms with Crippen molar-refractivity contribution >= 4 is 26.9 Å². The molecular formula is C24H27N3O4S. The molecule has 0 amide bonds. The molecule has 8 heteroatoms. The molecule has 0 radical (unpaired) electrons. The number of ether oxygens (including phenoxy) is 1. The van der Waals surface area contributed by atoms with E-state index in [-0.39, 0.29) is 25.4 Å². The topological polar surface area (TPSA) is 103 Å². The van der Waals surface area contributed by atoms with E-state index in [0.29, 0.717) is 18.4 Å². The first-order valence-electron chi connectivity index (χ1n) is 10.6. The highest BCUT2D eigenvalue weighted by atomic mass is 32.2. The van der Waals surface area contributed by atoms with E-state index >= 15 is 0 Å². The highest BCUT2D eigenvalue weighted by Crippen LogP contribution is 2.21. The molecular weight excluding hydrogens is 426 g/mol. The van der Waals surface area contributed by atoms with Gasteiger partial charge in [0.05, 0.1) is 24.0 Å².